The predicted octanol–water partition coefficient (Wildman–Crippen LogP) is 4.04. The predicted molar refractivity (Wildman–Crippen MR) is 89.8 cm³/mol. The Balaban J connectivity index is 1.81. The summed E-state index contributed by atoms with van der Waals surface area (Å²) < 4.78 is 13.8. The quantitative estimate of drug-likeness (QED) is 0.922. The third-order valence-corrected chi connectivity index (χ3v) is 4.25. The number of hydrogen-bond donors (Lipinski definition) is 1. The Morgan fingerprint density at radius 2 is 2.00 bits per heavy atom. The van der Waals surface area contributed by atoms with Crippen molar-refractivity contribution in [2.75, 3.05) is 23.3 Å². The Kier molecular flexibility index (Phi) is 4.48. The molecular weight excluding hydrogens is 317 g/mol. The zero-order chi connectivity index (χ0) is 16.4. The molecule has 0 radical (unpaired) electrons. The van der Waals surface area contributed by atoms with E-state index in [1.165, 1.54) is 31.0 Å². The number of rotatable bonds is 3. The molecule has 1 aliphatic rings. The molecule has 1 N–H and O–H groups in total. The van der Waals surface area contributed by atoms with E-state index >= 15 is 0 Å². The average molecular weight is 334 g/mol. The molecule has 3 rings (SSSR count). The van der Waals surface area contributed by atoms with Crippen LogP contribution in [0.2, 0.25) is 5.02 Å². The lowest BCUT2D eigenvalue weighted by Crippen LogP contribution is -2.20. The van der Waals surface area contributed by atoms with Crippen LogP contribution >= 0.6 is 11.6 Å². The number of anilines is 2. The van der Waals surface area contributed by atoms with E-state index in [9.17, 15) is 9.18 Å². The summed E-state index contributed by atoms with van der Waals surface area (Å²) in [6.45, 7) is 3.82. The topological polar surface area (TPSA) is 45.2 Å². The number of carbonyl (C=O) groups is 1. The van der Waals surface area contributed by atoms with Crippen LogP contribution in [0.3, 0.4) is 0 Å². The van der Waals surface area contributed by atoms with Gasteiger partial charge in [-0.25, -0.2) is 9.37 Å². The molecule has 1 aromatic carbocycles. The van der Waals surface area contributed by atoms with E-state index in [1.807, 2.05) is 13.0 Å². The zero-order valence-electron chi connectivity index (χ0n) is 12.8. The molecule has 6 heteroatoms. The van der Waals surface area contributed by atoms with Gasteiger partial charge in [0.05, 0.1) is 22.0 Å². The summed E-state index contributed by atoms with van der Waals surface area (Å²) in [6.07, 6.45) is 2.34. The molecule has 1 aromatic heterocycles. The highest BCUT2D eigenvalue weighted by Gasteiger charge is 2.18. The van der Waals surface area contributed by atoms with E-state index in [2.05, 4.69) is 15.2 Å². The van der Waals surface area contributed by atoms with Crippen molar-refractivity contribution in [1.29, 1.82) is 0 Å². The van der Waals surface area contributed by atoms with Crippen molar-refractivity contribution < 1.29 is 9.18 Å². The standard InChI is InChI=1S/C17H17ClFN3O/c1-11-14(7-8-15(20-11)22-9-2-3-10-22)21-17(23)16-12(18)5-4-6-13(16)19/h4-8H,2-3,9-10H2,1H3,(H,21,23). The van der Waals surface area contributed by atoms with Crippen LogP contribution in [0.5, 0.6) is 0 Å². The third-order valence-electron chi connectivity index (χ3n) is 3.94. The first kappa shape index (κ1) is 15.7. The monoisotopic (exact) mass is 333 g/mol. The van der Waals surface area contributed by atoms with Crippen LogP contribution in [-0.2, 0) is 0 Å². The molecular formula is C17H17ClFN3O. The fraction of sp³-hybridized carbons (Fsp3) is 0.294. The van der Waals surface area contributed by atoms with Crippen LogP contribution in [0.4, 0.5) is 15.9 Å². The number of nitrogens with zero attached hydrogens (tertiary/aromatic N) is 2. The highest BCUT2D eigenvalue weighted by Crippen LogP contribution is 2.24. The Bertz CT molecular complexity index is 724. The highest BCUT2D eigenvalue weighted by molar-refractivity contribution is 6.34. The molecule has 0 saturated carbocycles. The van der Waals surface area contributed by atoms with Crippen LogP contribution in [0.15, 0.2) is 30.3 Å². The maximum absolute atomic E-state index is 13.8. The van der Waals surface area contributed by atoms with Crippen molar-refractivity contribution in [3.8, 4) is 0 Å². The summed E-state index contributed by atoms with van der Waals surface area (Å²) in [6, 6.07) is 7.83. The summed E-state index contributed by atoms with van der Waals surface area (Å²) >= 11 is 5.92. The SMILES string of the molecule is Cc1nc(N2CCCC2)ccc1NC(=O)c1c(F)cccc1Cl. The van der Waals surface area contributed by atoms with Gasteiger partial charge in [-0.2, -0.15) is 0 Å². The fourth-order valence-corrected chi connectivity index (χ4v) is 2.95. The molecule has 1 amide bonds. The van der Waals surface area contributed by atoms with Gasteiger partial charge in [0.25, 0.3) is 5.91 Å². The summed E-state index contributed by atoms with van der Waals surface area (Å²) in [5.41, 5.74) is 1.09. The van der Waals surface area contributed by atoms with Crippen molar-refractivity contribution >= 4 is 29.0 Å². The lowest BCUT2D eigenvalue weighted by Gasteiger charge is -2.18. The second-order valence-corrected chi connectivity index (χ2v) is 5.95. The number of amides is 1. The van der Waals surface area contributed by atoms with Crippen molar-refractivity contribution in [3.05, 3.63) is 52.4 Å². The van der Waals surface area contributed by atoms with Crippen LogP contribution in [-0.4, -0.2) is 24.0 Å². The second kappa shape index (κ2) is 6.54. The van der Waals surface area contributed by atoms with E-state index in [1.54, 1.807) is 6.07 Å². The number of benzene rings is 1. The minimum atomic E-state index is -0.644. The molecule has 2 heterocycles. The van der Waals surface area contributed by atoms with Crippen molar-refractivity contribution in [2.24, 2.45) is 0 Å². The first-order valence-corrected chi connectivity index (χ1v) is 7.92. The van der Waals surface area contributed by atoms with Crippen molar-refractivity contribution in [1.82, 2.24) is 4.98 Å². The number of pyridine rings is 1. The van der Waals surface area contributed by atoms with Gasteiger partial charge in [-0.05, 0) is 44.0 Å². The van der Waals surface area contributed by atoms with Crippen molar-refractivity contribution in [2.45, 2.75) is 19.8 Å². The summed E-state index contributed by atoms with van der Waals surface area (Å²) in [5, 5.41) is 2.77. The summed E-state index contributed by atoms with van der Waals surface area (Å²) in [5.74, 6) is -0.317. The number of halogens is 2. The maximum Gasteiger partial charge on any atom is 0.260 e. The molecule has 1 fully saturated rings. The van der Waals surface area contributed by atoms with Crippen LogP contribution in [0, 0.1) is 12.7 Å². The Labute approximate surface area is 139 Å². The van der Waals surface area contributed by atoms with E-state index in [0.717, 1.165) is 18.9 Å². The second-order valence-electron chi connectivity index (χ2n) is 5.55. The summed E-state index contributed by atoms with van der Waals surface area (Å²) in [7, 11) is 0. The number of hydrogen-bond acceptors (Lipinski definition) is 3. The minimum Gasteiger partial charge on any atom is -0.357 e. The van der Waals surface area contributed by atoms with Gasteiger partial charge >= 0.3 is 0 Å². The Morgan fingerprint density at radius 3 is 2.65 bits per heavy atom. The van der Waals surface area contributed by atoms with Gasteiger partial charge in [0.2, 0.25) is 0 Å². The van der Waals surface area contributed by atoms with Gasteiger partial charge in [-0.3, -0.25) is 4.79 Å². The lowest BCUT2D eigenvalue weighted by atomic mass is 10.2. The molecule has 0 aliphatic carbocycles. The van der Waals surface area contributed by atoms with Crippen molar-refractivity contribution in [3.63, 3.8) is 0 Å². The highest BCUT2D eigenvalue weighted by atomic mass is 35.5. The molecule has 23 heavy (non-hydrogen) atoms. The van der Waals surface area contributed by atoms with Gasteiger partial charge in [0, 0.05) is 13.1 Å². The molecule has 1 aliphatic heterocycles. The molecule has 0 bridgehead atoms. The minimum absolute atomic E-state index is 0.0850. The average Bonchev–Trinajstić information content (AvgIpc) is 3.03. The van der Waals surface area contributed by atoms with Gasteiger partial charge < -0.3 is 10.2 Å². The molecule has 0 atom stereocenters. The van der Waals surface area contributed by atoms with Crippen LogP contribution < -0.4 is 10.2 Å². The van der Waals surface area contributed by atoms with Crippen LogP contribution in [0.1, 0.15) is 28.9 Å². The number of nitrogens with one attached hydrogen (secondary N) is 1. The fourth-order valence-electron chi connectivity index (χ4n) is 2.70. The maximum atomic E-state index is 13.8. The smallest absolute Gasteiger partial charge is 0.260 e. The number of carbonyl (C=O) groups excluding carboxylic acids is 1. The first-order valence-electron chi connectivity index (χ1n) is 7.54. The number of aryl methyl sites for hydroxylation is 1. The Morgan fingerprint density at radius 1 is 1.26 bits per heavy atom. The third kappa shape index (κ3) is 3.29. The van der Waals surface area contributed by atoms with E-state index in [-0.39, 0.29) is 10.6 Å². The van der Waals surface area contributed by atoms with E-state index < -0.39 is 11.7 Å². The van der Waals surface area contributed by atoms with Gasteiger partial charge in [-0.1, -0.05) is 17.7 Å². The van der Waals surface area contributed by atoms with Gasteiger partial charge in [0.15, 0.2) is 0 Å². The molecule has 2 aromatic rings. The van der Waals surface area contributed by atoms with E-state index in [0.29, 0.717) is 11.4 Å². The molecule has 0 spiro atoms. The zero-order valence-corrected chi connectivity index (χ0v) is 13.5. The molecule has 1 saturated heterocycles. The number of aromatic nitrogens is 1. The lowest BCUT2D eigenvalue weighted by molar-refractivity contribution is 0.102. The van der Waals surface area contributed by atoms with Crippen LogP contribution in [0.25, 0.3) is 0 Å². The molecule has 4 nitrogen and oxygen atoms in total. The van der Waals surface area contributed by atoms with E-state index in [4.69, 9.17) is 11.6 Å². The molecule has 0 unspecified atom stereocenters. The molecule has 120 valence electrons. The van der Waals surface area contributed by atoms with Gasteiger partial charge in [-0.15, -0.1) is 0 Å². The normalized spacial score (nSPS) is 14.1. The first-order chi connectivity index (χ1) is 11.1. The Hall–Kier alpha value is -2.14. The summed E-state index contributed by atoms with van der Waals surface area (Å²) in [4.78, 5) is 19.0. The van der Waals surface area contributed by atoms with Gasteiger partial charge in [0.1, 0.15) is 11.6 Å². The largest absolute Gasteiger partial charge is 0.357 e.